The molecule has 0 fully saturated rings. The zero-order valence-electron chi connectivity index (χ0n) is 12.5. The lowest BCUT2D eigenvalue weighted by atomic mass is 10.0. The van der Waals surface area contributed by atoms with Gasteiger partial charge in [0.2, 0.25) is 5.91 Å². The van der Waals surface area contributed by atoms with Crippen LogP contribution >= 0.6 is 0 Å². The molecule has 0 bridgehead atoms. The fraction of sp³-hybridized carbons (Fsp3) is 0.500. The first-order chi connectivity index (χ1) is 9.91. The molecule has 0 radical (unpaired) electrons. The van der Waals surface area contributed by atoms with Gasteiger partial charge in [-0.3, -0.25) is 10.0 Å². The second-order valence-electron chi connectivity index (χ2n) is 5.56. The first-order valence-corrected chi connectivity index (χ1v) is 7.19. The Morgan fingerprint density at radius 1 is 1.19 bits per heavy atom. The third-order valence-electron chi connectivity index (χ3n) is 3.23. The van der Waals surface area contributed by atoms with Crippen LogP contribution in [0.25, 0.3) is 0 Å². The number of hydrogen-bond donors (Lipinski definition) is 2. The minimum Gasteiger partial charge on any atom is -0.480 e. The zero-order chi connectivity index (χ0) is 15.8. The number of carbonyl (C=O) groups is 2. The Kier molecular flexibility index (Phi) is 6.88. The second kappa shape index (κ2) is 8.42. The van der Waals surface area contributed by atoms with Crippen molar-refractivity contribution in [2.45, 2.75) is 45.6 Å². The van der Waals surface area contributed by atoms with Crippen LogP contribution in [0.4, 0.5) is 0 Å². The third kappa shape index (κ3) is 5.95. The summed E-state index contributed by atoms with van der Waals surface area (Å²) in [6.07, 6.45) is 1.67. The van der Waals surface area contributed by atoms with Crippen LogP contribution in [0.5, 0.6) is 0 Å². The Labute approximate surface area is 125 Å². The standard InChI is InChI=1S/C16H23NO4/c1-12(2)11-14(16(19)20)17(21)15(18)10-6-9-13-7-4-3-5-8-13/h3-5,7-8,12,14,21H,6,9-11H2,1-2H3,(H,19,20)/t14-/m0/s1. The molecular weight excluding hydrogens is 270 g/mol. The number of aliphatic carboxylic acids is 1. The first kappa shape index (κ1) is 17.2. The minimum absolute atomic E-state index is 0.0814. The molecule has 0 spiro atoms. The molecule has 1 rings (SSSR count). The molecule has 0 unspecified atom stereocenters. The molecule has 1 atom stereocenters. The zero-order valence-corrected chi connectivity index (χ0v) is 12.5. The molecule has 116 valence electrons. The maximum Gasteiger partial charge on any atom is 0.329 e. The molecule has 0 aromatic heterocycles. The van der Waals surface area contributed by atoms with Crippen LogP contribution in [-0.2, 0) is 16.0 Å². The molecule has 1 aromatic carbocycles. The number of aryl methyl sites for hydroxylation is 1. The van der Waals surface area contributed by atoms with Crippen molar-refractivity contribution in [1.82, 2.24) is 5.06 Å². The predicted molar refractivity (Wildman–Crippen MR) is 78.9 cm³/mol. The number of amides is 1. The summed E-state index contributed by atoms with van der Waals surface area (Å²) in [5.41, 5.74) is 1.12. The fourth-order valence-corrected chi connectivity index (χ4v) is 2.13. The van der Waals surface area contributed by atoms with Crippen molar-refractivity contribution in [3.05, 3.63) is 35.9 Å². The van der Waals surface area contributed by atoms with E-state index >= 15 is 0 Å². The highest BCUT2D eigenvalue weighted by atomic mass is 16.5. The van der Waals surface area contributed by atoms with Gasteiger partial charge in [0.05, 0.1) is 0 Å². The Morgan fingerprint density at radius 3 is 2.33 bits per heavy atom. The summed E-state index contributed by atoms with van der Waals surface area (Å²) in [5.74, 6) is -1.64. The van der Waals surface area contributed by atoms with Crippen LogP contribution in [0.3, 0.4) is 0 Å². The number of carbonyl (C=O) groups excluding carboxylic acids is 1. The lowest BCUT2D eigenvalue weighted by Gasteiger charge is -2.23. The van der Waals surface area contributed by atoms with Crippen LogP contribution < -0.4 is 0 Å². The van der Waals surface area contributed by atoms with E-state index in [1.54, 1.807) is 0 Å². The van der Waals surface area contributed by atoms with E-state index in [1.807, 2.05) is 44.2 Å². The number of nitrogens with zero attached hydrogens (tertiary/aromatic N) is 1. The number of benzene rings is 1. The van der Waals surface area contributed by atoms with Crippen LogP contribution in [0, 0.1) is 5.92 Å². The summed E-state index contributed by atoms with van der Waals surface area (Å²) < 4.78 is 0. The van der Waals surface area contributed by atoms with Crippen molar-refractivity contribution in [3.63, 3.8) is 0 Å². The van der Waals surface area contributed by atoms with E-state index in [1.165, 1.54) is 0 Å². The molecule has 5 nitrogen and oxygen atoms in total. The number of carboxylic acid groups (broad SMARTS) is 1. The van der Waals surface area contributed by atoms with Crippen molar-refractivity contribution >= 4 is 11.9 Å². The smallest absolute Gasteiger partial charge is 0.329 e. The van der Waals surface area contributed by atoms with Crippen molar-refractivity contribution < 1.29 is 19.9 Å². The van der Waals surface area contributed by atoms with E-state index in [-0.39, 0.29) is 18.8 Å². The summed E-state index contributed by atoms with van der Waals surface area (Å²) in [5, 5.41) is 19.3. The normalized spacial score (nSPS) is 12.2. The maximum atomic E-state index is 11.9. The molecule has 21 heavy (non-hydrogen) atoms. The molecule has 0 aliphatic carbocycles. The summed E-state index contributed by atoms with van der Waals surface area (Å²) in [6.45, 7) is 3.70. The van der Waals surface area contributed by atoms with E-state index in [2.05, 4.69) is 0 Å². The van der Waals surface area contributed by atoms with Crippen LogP contribution in [0.2, 0.25) is 0 Å². The molecule has 2 N–H and O–H groups in total. The topological polar surface area (TPSA) is 77.8 Å². The van der Waals surface area contributed by atoms with Gasteiger partial charge in [0.1, 0.15) is 0 Å². The molecule has 0 saturated heterocycles. The lowest BCUT2D eigenvalue weighted by Crippen LogP contribution is -2.43. The molecule has 1 aromatic rings. The number of carboxylic acids is 1. The summed E-state index contributed by atoms with van der Waals surface area (Å²) in [6, 6.07) is 8.55. The van der Waals surface area contributed by atoms with E-state index in [4.69, 9.17) is 5.11 Å². The van der Waals surface area contributed by atoms with Gasteiger partial charge in [-0.25, -0.2) is 9.86 Å². The summed E-state index contributed by atoms with van der Waals surface area (Å²) in [7, 11) is 0. The van der Waals surface area contributed by atoms with Crippen molar-refractivity contribution in [3.8, 4) is 0 Å². The largest absolute Gasteiger partial charge is 0.480 e. The highest BCUT2D eigenvalue weighted by Crippen LogP contribution is 2.13. The minimum atomic E-state index is -1.18. The molecule has 5 heteroatoms. The highest BCUT2D eigenvalue weighted by Gasteiger charge is 2.28. The molecule has 1 amide bonds. The van der Waals surface area contributed by atoms with Crippen molar-refractivity contribution in [2.24, 2.45) is 5.92 Å². The number of hydroxylamine groups is 2. The van der Waals surface area contributed by atoms with Gasteiger partial charge in [-0.2, -0.15) is 0 Å². The van der Waals surface area contributed by atoms with Gasteiger partial charge in [-0.15, -0.1) is 0 Å². The monoisotopic (exact) mass is 293 g/mol. The Morgan fingerprint density at radius 2 is 1.81 bits per heavy atom. The average Bonchev–Trinajstić information content (AvgIpc) is 2.44. The lowest BCUT2D eigenvalue weighted by molar-refractivity contribution is -0.187. The van der Waals surface area contributed by atoms with Crippen molar-refractivity contribution in [2.75, 3.05) is 0 Å². The summed E-state index contributed by atoms with van der Waals surface area (Å²) >= 11 is 0. The van der Waals surface area contributed by atoms with Gasteiger partial charge in [0.25, 0.3) is 0 Å². The van der Waals surface area contributed by atoms with Gasteiger partial charge in [-0.05, 0) is 30.7 Å². The maximum absolute atomic E-state index is 11.9. The van der Waals surface area contributed by atoms with Crippen LogP contribution in [-0.4, -0.2) is 33.3 Å². The predicted octanol–water partition coefficient (Wildman–Crippen LogP) is 2.73. The average molecular weight is 293 g/mol. The summed E-state index contributed by atoms with van der Waals surface area (Å²) in [4.78, 5) is 23.0. The molecule has 0 aliphatic rings. The van der Waals surface area contributed by atoms with E-state index in [0.29, 0.717) is 11.5 Å². The molecule has 0 saturated carbocycles. The molecule has 0 aliphatic heterocycles. The van der Waals surface area contributed by atoms with Gasteiger partial charge < -0.3 is 5.11 Å². The first-order valence-electron chi connectivity index (χ1n) is 7.19. The fourth-order valence-electron chi connectivity index (χ4n) is 2.13. The van der Waals surface area contributed by atoms with E-state index in [9.17, 15) is 14.8 Å². The van der Waals surface area contributed by atoms with Gasteiger partial charge in [0.15, 0.2) is 6.04 Å². The molecular formula is C16H23NO4. The Balaban J connectivity index is 2.47. The number of rotatable bonds is 8. The SMILES string of the molecule is CC(C)C[C@@H](C(=O)O)N(O)C(=O)CCCc1ccccc1. The third-order valence-corrected chi connectivity index (χ3v) is 3.23. The Hall–Kier alpha value is -1.88. The second-order valence-corrected chi connectivity index (χ2v) is 5.56. The van der Waals surface area contributed by atoms with Gasteiger partial charge in [0, 0.05) is 6.42 Å². The van der Waals surface area contributed by atoms with Crippen molar-refractivity contribution in [1.29, 1.82) is 0 Å². The van der Waals surface area contributed by atoms with Gasteiger partial charge in [-0.1, -0.05) is 44.2 Å². The highest BCUT2D eigenvalue weighted by molar-refractivity contribution is 5.82. The van der Waals surface area contributed by atoms with Crippen LogP contribution in [0.1, 0.15) is 38.7 Å². The van der Waals surface area contributed by atoms with Gasteiger partial charge >= 0.3 is 5.97 Å². The molecule has 0 heterocycles. The van der Waals surface area contributed by atoms with Crippen LogP contribution in [0.15, 0.2) is 30.3 Å². The number of hydrogen-bond acceptors (Lipinski definition) is 3. The van der Waals surface area contributed by atoms with E-state index < -0.39 is 17.9 Å². The quantitative estimate of drug-likeness (QED) is 0.570. The van der Waals surface area contributed by atoms with E-state index in [0.717, 1.165) is 12.0 Å². The Bertz CT molecular complexity index is 459.